The zero-order valence-corrected chi connectivity index (χ0v) is 11.7. The molecule has 6 heteroatoms. The fraction of sp³-hybridized carbons (Fsp3) is 0.846. The SMILES string of the molecule is CCN(CCO)C(=O)NC1(C(=O)O)CCCC(C)C1. The Morgan fingerprint density at radius 1 is 1.47 bits per heavy atom. The molecule has 0 aromatic rings. The number of rotatable bonds is 5. The summed E-state index contributed by atoms with van der Waals surface area (Å²) in [6, 6.07) is -0.409. The summed E-state index contributed by atoms with van der Waals surface area (Å²) in [5.41, 5.74) is -1.16. The van der Waals surface area contributed by atoms with E-state index in [-0.39, 0.29) is 19.1 Å². The van der Waals surface area contributed by atoms with Crippen molar-refractivity contribution in [3.8, 4) is 0 Å². The number of nitrogens with one attached hydrogen (secondary N) is 1. The molecule has 2 unspecified atom stereocenters. The zero-order valence-electron chi connectivity index (χ0n) is 11.7. The third-order valence-electron chi connectivity index (χ3n) is 3.79. The van der Waals surface area contributed by atoms with E-state index in [0.717, 1.165) is 12.8 Å². The Balaban J connectivity index is 2.78. The summed E-state index contributed by atoms with van der Waals surface area (Å²) >= 11 is 0. The van der Waals surface area contributed by atoms with Crippen LogP contribution in [-0.4, -0.2) is 52.3 Å². The molecule has 1 rings (SSSR count). The van der Waals surface area contributed by atoms with Crippen molar-refractivity contribution in [2.75, 3.05) is 19.7 Å². The van der Waals surface area contributed by atoms with Crippen LogP contribution in [0.3, 0.4) is 0 Å². The molecule has 0 radical (unpaired) electrons. The summed E-state index contributed by atoms with van der Waals surface area (Å²) in [7, 11) is 0. The van der Waals surface area contributed by atoms with Crippen LogP contribution in [0.5, 0.6) is 0 Å². The lowest BCUT2D eigenvalue weighted by atomic mass is 9.76. The van der Waals surface area contributed by atoms with Crippen LogP contribution in [0.4, 0.5) is 4.79 Å². The Kier molecular flexibility index (Phi) is 5.60. The molecule has 0 spiro atoms. The Hall–Kier alpha value is -1.30. The summed E-state index contributed by atoms with van der Waals surface area (Å²) < 4.78 is 0. The lowest BCUT2D eigenvalue weighted by Crippen LogP contribution is -2.59. The summed E-state index contributed by atoms with van der Waals surface area (Å²) in [6.07, 6.45) is 2.73. The third kappa shape index (κ3) is 3.83. The number of hydrogen-bond donors (Lipinski definition) is 3. The number of nitrogens with zero attached hydrogens (tertiary/aromatic N) is 1. The van der Waals surface area contributed by atoms with Crippen LogP contribution in [0.15, 0.2) is 0 Å². The lowest BCUT2D eigenvalue weighted by molar-refractivity contribution is -0.146. The number of hydrogen-bond acceptors (Lipinski definition) is 3. The van der Waals surface area contributed by atoms with Gasteiger partial charge in [0.15, 0.2) is 0 Å². The molecule has 0 aromatic heterocycles. The van der Waals surface area contributed by atoms with Gasteiger partial charge in [0.1, 0.15) is 5.54 Å². The summed E-state index contributed by atoms with van der Waals surface area (Å²) in [5, 5.41) is 21.0. The molecule has 1 aliphatic carbocycles. The van der Waals surface area contributed by atoms with E-state index in [2.05, 4.69) is 5.32 Å². The Morgan fingerprint density at radius 2 is 2.16 bits per heavy atom. The maximum absolute atomic E-state index is 12.1. The number of carbonyl (C=O) groups is 2. The van der Waals surface area contributed by atoms with Crippen molar-refractivity contribution in [3.05, 3.63) is 0 Å². The van der Waals surface area contributed by atoms with E-state index in [1.54, 1.807) is 6.92 Å². The van der Waals surface area contributed by atoms with Crippen LogP contribution >= 0.6 is 0 Å². The van der Waals surface area contributed by atoms with Gasteiger partial charge in [-0.1, -0.05) is 19.8 Å². The summed E-state index contributed by atoms with van der Waals surface area (Å²) in [4.78, 5) is 25.1. The first-order valence-corrected chi connectivity index (χ1v) is 6.86. The molecule has 2 atom stereocenters. The fourth-order valence-electron chi connectivity index (χ4n) is 2.72. The lowest BCUT2D eigenvalue weighted by Gasteiger charge is -2.38. The standard InChI is InChI=1S/C13H24N2O4/c1-3-15(7-8-16)12(19)14-13(11(17)18)6-4-5-10(2)9-13/h10,16H,3-9H2,1-2H3,(H,14,19)(H,17,18). The molecule has 110 valence electrons. The van der Waals surface area contributed by atoms with Gasteiger partial charge in [-0.2, -0.15) is 0 Å². The number of urea groups is 1. The van der Waals surface area contributed by atoms with Gasteiger partial charge in [0.05, 0.1) is 6.61 Å². The van der Waals surface area contributed by atoms with Crippen LogP contribution < -0.4 is 5.32 Å². The van der Waals surface area contributed by atoms with Gasteiger partial charge in [0.2, 0.25) is 0 Å². The van der Waals surface area contributed by atoms with Crippen molar-refractivity contribution >= 4 is 12.0 Å². The predicted molar refractivity (Wildman–Crippen MR) is 70.9 cm³/mol. The van der Waals surface area contributed by atoms with E-state index in [4.69, 9.17) is 5.11 Å². The van der Waals surface area contributed by atoms with E-state index in [1.807, 2.05) is 6.92 Å². The van der Waals surface area contributed by atoms with Crippen LogP contribution in [-0.2, 0) is 4.79 Å². The van der Waals surface area contributed by atoms with Crippen molar-refractivity contribution in [1.29, 1.82) is 0 Å². The van der Waals surface area contributed by atoms with Gasteiger partial charge in [0.25, 0.3) is 0 Å². The molecule has 1 aliphatic rings. The Morgan fingerprint density at radius 3 is 2.63 bits per heavy atom. The first-order chi connectivity index (χ1) is 8.95. The molecule has 19 heavy (non-hydrogen) atoms. The molecule has 0 aromatic carbocycles. The smallest absolute Gasteiger partial charge is 0.329 e. The maximum atomic E-state index is 12.1. The van der Waals surface area contributed by atoms with Gasteiger partial charge >= 0.3 is 12.0 Å². The fourth-order valence-corrected chi connectivity index (χ4v) is 2.72. The van der Waals surface area contributed by atoms with Gasteiger partial charge in [-0.15, -0.1) is 0 Å². The van der Waals surface area contributed by atoms with Crippen LogP contribution in [0.2, 0.25) is 0 Å². The molecule has 1 fully saturated rings. The minimum absolute atomic E-state index is 0.127. The molecular weight excluding hydrogens is 248 g/mol. The third-order valence-corrected chi connectivity index (χ3v) is 3.79. The zero-order chi connectivity index (χ0) is 14.5. The number of likely N-dealkylation sites (N-methyl/N-ethyl adjacent to an activating group) is 1. The highest BCUT2D eigenvalue weighted by Crippen LogP contribution is 2.32. The van der Waals surface area contributed by atoms with Gasteiger partial charge in [-0.3, -0.25) is 0 Å². The Bertz CT molecular complexity index is 335. The highest BCUT2D eigenvalue weighted by Gasteiger charge is 2.43. The van der Waals surface area contributed by atoms with Gasteiger partial charge in [-0.25, -0.2) is 9.59 Å². The minimum atomic E-state index is -1.16. The first kappa shape index (κ1) is 15.8. The highest BCUT2D eigenvalue weighted by molar-refractivity contribution is 5.86. The normalized spacial score (nSPS) is 26.8. The van der Waals surface area contributed by atoms with Gasteiger partial charge in [0, 0.05) is 13.1 Å². The van der Waals surface area contributed by atoms with E-state index in [1.165, 1.54) is 4.90 Å². The second-order valence-corrected chi connectivity index (χ2v) is 5.32. The predicted octanol–water partition coefficient (Wildman–Crippen LogP) is 1.04. The number of carboxylic acids is 1. The molecule has 0 bridgehead atoms. The number of aliphatic hydroxyl groups excluding tert-OH is 1. The molecule has 0 aliphatic heterocycles. The Labute approximate surface area is 113 Å². The molecule has 2 amide bonds. The highest BCUT2D eigenvalue weighted by atomic mass is 16.4. The van der Waals surface area contributed by atoms with Crippen LogP contribution in [0.25, 0.3) is 0 Å². The van der Waals surface area contributed by atoms with Crippen molar-refractivity contribution in [2.45, 2.75) is 45.1 Å². The van der Waals surface area contributed by atoms with E-state index >= 15 is 0 Å². The number of amides is 2. The molecule has 3 N–H and O–H groups in total. The maximum Gasteiger partial charge on any atom is 0.329 e. The molecule has 0 saturated heterocycles. The van der Waals surface area contributed by atoms with Crippen molar-refractivity contribution < 1.29 is 19.8 Å². The first-order valence-electron chi connectivity index (χ1n) is 6.86. The second kappa shape index (κ2) is 6.75. The monoisotopic (exact) mass is 272 g/mol. The van der Waals surface area contributed by atoms with E-state index < -0.39 is 17.5 Å². The quantitative estimate of drug-likeness (QED) is 0.697. The van der Waals surface area contributed by atoms with Crippen LogP contribution in [0, 0.1) is 5.92 Å². The van der Waals surface area contributed by atoms with Crippen molar-refractivity contribution in [2.24, 2.45) is 5.92 Å². The number of carboxylic acid groups (broad SMARTS) is 1. The molecule has 0 heterocycles. The summed E-state index contributed by atoms with van der Waals surface area (Å²) in [5.74, 6) is -0.675. The van der Waals surface area contributed by atoms with Crippen molar-refractivity contribution in [1.82, 2.24) is 10.2 Å². The largest absolute Gasteiger partial charge is 0.480 e. The average molecular weight is 272 g/mol. The van der Waals surface area contributed by atoms with Crippen LogP contribution in [0.1, 0.15) is 39.5 Å². The molecule has 1 saturated carbocycles. The van der Waals surface area contributed by atoms with Crippen molar-refractivity contribution in [3.63, 3.8) is 0 Å². The second-order valence-electron chi connectivity index (χ2n) is 5.32. The number of aliphatic hydroxyl groups is 1. The van der Waals surface area contributed by atoms with Gasteiger partial charge in [-0.05, 0) is 25.7 Å². The van der Waals surface area contributed by atoms with Gasteiger partial charge < -0.3 is 20.4 Å². The average Bonchev–Trinajstić information content (AvgIpc) is 2.35. The summed E-state index contributed by atoms with van der Waals surface area (Å²) in [6.45, 7) is 4.34. The van der Waals surface area contributed by atoms with E-state index in [0.29, 0.717) is 19.4 Å². The molecular formula is C13H24N2O4. The number of aliphatic carboxylic acids is 1. The number of carbonyl (C=O) groups excluding carboxylic acids is 1. The minimum Gasteiger partial charge on any atom is -0.480 e. The van der Waals surface area contributed by atoms with E-state index in [9.17, 15) is 14.7 Å². The molecule has 6 nitrogen and oxygen atoms in total. The topological polar surface area (TPSA) is 89.9 Å².